The van der Waals surface area contributed by atoms with Gasteiger partial charge in [0, 0.05) is 0 Å². The molecule has 2 aromatic carbocycles. The van der Waals surface area contributed by atoms with E-state index in [1.807, 2.05) is 0 Å². The van der Waals surface area contributed by atoms with Crippen molar-refractivity contribution in [2.24, 2.45) is 34.5 Å². The second kappa shape index (κ2) is 14.2. The predicted molar refractivity (Wildman–Crippen MR) is 151 cm³/mol. The number of halogens is 2. The minimum Gasteiger partial charge on any atom is -1.00 e. The zero-order valence-corrected chi connectivity index (χ0v) is 29.4. The van der Waals surface area contributed by atoms with E-state index in [2.05, 4.69) is 118 Å². The van der Waals surface area contributed by atoms with E-state index in [0.29, 0.717) is 21.7 Å². The van der Waals surface area contributed by atoms with Crippen LogP contribution in [0.25, 0.3) is 0 Å². The summed E-state index contributed by atoms with van der Waals surface area (Å²) < 4.78 is 0. The molecule has 2 fully saturated rings. The molecule has 0 amide bonds. The Balaban J connectivity index is 0.000000648. The fourth-order valence-corrected chi connectivity index (χ4v) is 6.77. The van der Waals surface area contributed by atoms with Crippen LogP contribution in [0.15, 0.2) is 48.5 Å². The maximum absolute atomic E-state index is 2.46. The molecule has 208 valence electrons. The molecule has 0 radical (unpaired) electrons. The van der Waals surface area contributed by atoms with Crippen LogP contribution in [-0.4, -0.2) is 0 Å². The van der Waals surface area contributed by atoms with Gasteiger partial charge in [0.2, 0.25) is 0 Å². The summed E-state index contributed by atoms with van der Waals surface area (Å²) in [4.78, 5) is 0. The van der Waals surface area contributed by atoms with Crippen molar-refractivity contribution < 1.29 is 51.0 Å². The largest absolute Gasteiger partial charge is 4.00 e. The van der Waals surface area contributed by atoms with E-state index in [-0.39, 0.29) is 51.0 Å². The van der Waals surface area contributed by atoms with Crippen LogP contribution >= 0.6 is 0 Å². The summed E-state index contributed by atoms with van der Waals surface area (Å²) in [5, 5.41) is 0. The molecule has 2 saturated carbocycles. The molecular formula is C34H54Cl2Zr. The van der Waals surface area contributed by atoms with Crippen molar-refractivity contribution in [1.82, 2.24) is 0 Å². The Morgan fingerprint density at radius 3 is 1.14 bits per heavy atom. The van der Waals surface area contributed by atoms with Gasteiger partial charge in [-0.1, -0.05) is 119 Å². The average molecular weight is 625 g/mol. The van der Waals surface area contributed by atoms with Gasteiger partial charge in [-0.25, -0.2) is 24.3 Å². The summed E-state index contributed by atoms with van der Waals surface area (Å²) in [6.07, 6.45) is 8.24. The van der Waals surface area contributed by atoms with E-state index < -0.39 is 0 Å². The van der Waals surface area contributed by atoms with Gasteiger partial charge in [0.05, 0.1) is 0 Å². The molecule has 0 bridgehead atoms. The Bertz CT molecular complexity index is 803. The summed E-state index contributed by atoms with van der Waals surface area (Å²) in [6, 6.07) is 18.0. The predicted octanol–water partition coefficient (Wildman–Crippen LogP) is 4.30. The van der Waals surface area contributed by atoms with Crippen LogP contribution in [0, 0.1) is 34.5 Å². The van der Waals surface area contributed by atoms with E-state index in [1.54, 1.807) is 11.1 Å². The van der Waals surface area contributed by atoms with Crippen molar-refractivity contribution in [2.75, 3.05) is 0 Å². The number of hydrogen-bond acceptors (Lipinski definition) is 0. The van der Waals surface area contributed by atoms with Crippen LogP contribution in [0.5, 0.6) is 0 Å². The second-order valence-electron chi connectivity index (χ2n) is 14.3. The monoisotopic (exact) mass is 622 g/mol. The van der Waals surface area contributed by atoms with E-state index in [1.165, 1.54) is 38.5 Å². The summed E-state index contributed by atoms with van der Waals surface area (Å²) in [7, 11) is 0. The molecule has 4 rings (SSSR count). The molecule has 37 heavy (non-hydrogen) atoms. The van der Waals surface area contributed by atoms with Gasteiger partial charge in [0.25, 0.3) is 0 Å². The van der Waals surface area contributed by atoms with E-state index in [9.17, 15) is 0 Å². The number of hydrogen-bond donors (Lipinski definition) is 0. The molecule has 3 heteroatoms. The number of rotatable bonds is 6. The second-order valence-corrected chi connectivity index (χ2v) is 14.3. The Hall–Kier alpha value is 0.163. The van der Waals surface area contributed by atoms with Crippen molar-refractivity contribution in [1.29, 1.82) is 0 Å². The molecule has 0 N–H and O–H groups in total. The summed E-state index contributed by atoms with van der Waals surface area (Å²) in [5.74, 6) is 3.30. The maximum Gasteiger partial charge on any atom is 4.00 e. The fraction of sp³-hybridized carbons (Fsp3) is 0.706. The van der Waals surface area contributed by atoms with Gasteiger partial charge in [-0.05, 0) is 34.5 Å². The van der Waals surface area contributed by atoms with Gasteiger partial charge in [-0.15, -0.1) is 0 Å². The third-order valence-electron chi connectivity index (χ3n) is 11.3. The molecule has 4 atom stereocenters. The quantitative estimate of drug-likeness (QED) is 0.421. The molecule has 0 saturated heterocycles. The first-order valence-electron chi connectivity index (χ1n) is 14.2. The van der Waals surface area contributed by atoms with Crippen LogP contribution in [0.4, 0.5) is 0 Å². The Morgan fingerprint density at radius 1 is 0.622 bits per heavy atom. The Morgan fingerprint density at radius 2 is 0.892 bits per heavy atom. The van der Waals surface area contributed by atoms with Crippen LogP contribution < -0.4 is 24.8 Å². The molecular weight excluding hydrogens is 571 g/mol. The first-order chi connectivity index (χ1) is 15.7. The normalized spacial score (nSPS) is 27.7. The van der Waals surface area contributed by atoms with Gasteiger partial charge < -0.3 is 24.8 Å². The summed E-state index contributed by atoms with van der Waals surface area (Å²) >= 11 is 0. The molecule has 2 aromatic rings. The fourth-order valence-electron chi connectivity index (χ4n) is 6.77. The molecule has 0 heterocycles. The average Bonchev–Trinajstić information content (AvgIpc) is 3.54. The third kappa shape index (κ3) is 8.10. The molecule has 4 unspecified atom stereocenters. The van der Waals surface area contributed by atoms with Crippen molar-refractivity contribution in [3.8, 4) is 0 Å². The van der Waals surface area contributed by atoms with E-state index in [0.717, 1.165) is 23.7 Å². The van der Waals surface area contributed by atoms with Gasteiger partial charge >= 0.3 is 26.2 Å². The molecule has 2 aliphatic carbocycles. The zero-order chi connectivity index (χ0) is 25.4. The molecule has 0 aromatic heterocycles. The summed E-state index contributed by atoms with van der Waals surface area (Å²) in [6.45, 7) is 24.2. The Kier molecular flexibility index (Phi) is 14.2. The zero-order valence-electron chi connectivity index (χ0n) is 25.4. The van der Waals surface area contributed by atoms with Crippen molar-refractivity contribution in [3.05, 3.63) is 59.7 Å². The van der Waals surface area contributed by atoms with Crippen LogP contribution in [0.1, 0.15) is 119 Å². The minimum absolute atomic E-state index is 0. The third-order valence-corrected chi connectivity index (χ3v) is 11.3. The van der Waals surface area contributed by atoms with Crippen LogP contribution in [0.3, 0.4) is 0 Å². The Labute approximate surface area is 262 Å². The smallest absolute Gasteiger partial charge is 1.00 e. The van der Waals surface area contributed by atoms with Gasteiger partial charge in [-0.3, -0.25) is 0 Å². The van der Waals surface area contributed by atoms with Crippen LogP contribution in [-0.2, 0) is 37.0 Å². The first-order valence-corrected chi connectivity index (χ1v) is 14.2. The topological polar surface area (TPSA) is 0 Å². The molecule has 0 spiro atoms. The SMILES string of the molecule is CC(C)C(C)(C)C1CCC(C)([c-]2cccc2)C1.CC(C)C(C)(C)C1CCC(C)([c-]2cccc2)C1.[Cl-].[Cl-].[Zr+4]. The van der Waals surface area contributed by atoms with Gasteiger partial charge in [-0.2, -0.15) is 35.4 Å². The first kappa shape index (κ1) is 37.2. The van der Waals surface area contributed by atoms with Crippen LogP contribution in [0.2, 0.25) is 0 Å². The molecule has 2 aliphatic rings. The van der Waals surface area contributed by atoms with Gasteiger partial charge in [0.15, 0.2) is 0 Å². The van der Waals surface area contributed by atoms with E-state index in [4.69, 9.17) is 0 Å². The maximum atomic E-state index is 2.46. The minimum atomic E-state index is 0. The molecule has 0 nitrogen and oxygen atoms in total. The summed E-state index contributed by atoms with van der Waals surface area (Å²) in [5.41, 5.74) is 4.93. The van der Waals surface area contributed by atoms with Crippen molar-refractivity contribution in [3.63, 3.8) is 0 Å². The van der Waals surface area contributed by atoms with Crippen molar-refractivity contribution in [2.45, 2.75) is 119 Å². The van der Waals surface area contributed by atoms with Gasteiger partial charge in [0.1, 0.15) is 0 Å². The molecule has 0 aliphatic heterocycles. The standard InChI is InChI=1S/2C17H27.2ClH.Zr/c2*1-13(2)16(3,4)15-10-11-17(5,12-15)14-8-6-7-9-14;;;/h2*6-9,13,15H,10-12H2,1-5H3;2*1H;/q2*-1;;;+4/p-2. The van der Waals surface area contributed by atoms with Crippen molar-refractivity contribution >= 4 is 0 Å². The van der Waals surface area contributed by atoms with E-state index >= 15 is 0 Å².